The van der Waals surface area contributed by atoms with Crippen LogP contribution in [-0.4, -0.2) is 49.5 Å². The highest BCUT2D eigenvalue weighted by atomic mass is 79.9. The molecule has 1 fully saturated rings. The van der Waals surface area contributed by atoms with E-state index in [4.69, 9.17) is 19.2 Å². The fourth-order valence-electron chi connectivity index (χ4n) is 4.62. The quantitative estimate of drug-likeness (QED) is 0.226. The lowest BCUT2D eigenvalue weighted by Gasteiger charge is -2.31. The molecule has 0 saturated carbocycles. The minimum Gasteiger partial charge on any atom is -0.492 e. The number of hydrogen-bond acceptors (Lipinski definition) is 8. The van der Waals surface area contributed by atoms with E-state index in [0.29, 0.717) is 26.4 Å². The Kier molecular flexibility index (Phi) is 8.12. The van der Waals surface area contributed by atoms with E-state index in [-0.39, 0.29) is 0 Å². The van der Waals surface area contributed by atoms with Gasteiger partial charge in [0.05, 0.1) is 43.2 Å². The van der Waals surface area contributed by atoms with E-state index < -0.39 is 0 Å². The lowest BCUT2D eigenvalue weighted by atomic mass is 10.0. The first-order valence-electron chi connectivity index (χ1n) is 12.7. The highest BCUT2D eigenvalue weighted by Crippen LogP contribution is 2.44. The summed E-state index contributed by atoms with van der Waals surface area (Å²) in [6.07, 6.45) is 2.54. The van der Waals surface area contributed by atoms with Gasteiger partial charge in [-0.3, -0.25) is 0 Å². The summed E-state index contributed by atoms with van der Waals surface area (Å²) in [6, 6.07) is 12.5. The van der Waals surface area contributed by atoms with Gasteiger partial charge in [-0.15, -0.1) is 11.3 Å². The normalized spacial score (nSPS) is 13.7. The highest BCUT2D eigenvalue weighted by Gasteiger charge is 2.22. The van der Waals surface area contributed by atoms with Crippen molar-refractivity contribution >= 4 is 54.7 Å². The number of anilines is 3. The van der Waals surface area contributed by atoms with Gasteiger partial charge >= 0.3 is 0 Å². The first-order chi connectivity index (χ1) is 18.1. The van der Waals surface area contributed by atoms with Crippen LogP contribution in [0.3, 0.4) is 0 Å². The molecule has 2 aromatic heterocycles. The summed E-state index contributed by atoms with van der Waals surface area (Å²) in [4.78, 5) is 13.8. The van der Waals surface area contributed by atoms with Crippen molar-refractivity contribution in [2.24, 2.45) is 0 Å². The highest BCUT2D eigenvalue weighted by molar-refractivity contribution is 9.10. The summed E-state index contributed by atoms with van der Waals surface area (Å²) in [5.74, 6) is 2.32. The molecule has 0 spiro atoms. The van der Waals surface area contributed by atoms with Crippen LogP contribution >= 0.6 is 27.3 Å². The number of thiophene rings is 1. The molecule has 0 amide bonds. The molecule has 5 rings (SSSR count). The molecule has 9 heteroatoms. The standard InChI is InChI=1S/C28H31BrN4O3S/c1-4-24-25(18-7-9-19(29)10-8-18)26-27(30-17-31-28(26)37-24)32-20-15-23(36-6-3)21(16-22(20)35-5-2)33-11-13-34-14-12-33/h7-10,15-17H,4-6,11-14H2,1-3H3,(H,30,31,32). The van der Waals surface area contributed by atoms with Gasteiger partial charge in [0.2, 0.25) is 0 Å². The van der Waals surface area contributed by atoms with Crippen molar-refractivity contribution in [3.05, 3.63) is 52.1 Å². The van der Waals surface area contributed by atoms with Crippen LogP contribution in [0.4, 0.5) is 17.2 Å². The smallest absolute Gasteiger partial charge is 0.145 e. The number of nitrogens with one attached hydrogen (secondary N) is 1. The van der Waals surface area contributed by atoms with Gasteiger partial charge in [0, 0.05) is 40.1 Å². The van der Waals surface area contributed by atoms with Crippen LogP contribution in [-0.2, 0) is 11.2 Å². The van der Waals surface area contributed by atoms with Gasteiger partial charge in [-0.25, -0.2) is 9.97 Å². The van der Waals surface area contributed by atoms with E-state index in [1.807, 2.05) is 19.9 Å². The Balaban J connectivity index is 1.63. The molecule has 194 valence electrons. The van der Waals surface area contributed by atoms with Crippen molar-refractivity contribution in [3.63, 3.8) is 0 Å². The summed E-state index contributed by atoms with van der Waals surface area (Å²) in [5.41, 5.74) is 4.15. The van der Waals surface area contributed by atoms with Gasteiger partial charge in [-0.1, -0.05) is 35.0 Å². The number of fused-ring (bicyclic) bond motifs is 1. The zero-order valence-electron chi connectivity index (χ0n) is 21.3. The van der Waals surface area contributed by atoms with Gasteiger partial charge in [-0.2, -0.15) is 0 Å². The zero-order chi connectivity index (χ0) is 25.8. The summed E-state index contributed by atoms with van der Waals surface area (Å²) in [7, 11) is 0. The number of ether oxygens (including phenoxy) is 3. The molecule has 0 unspecified atom stereocenters. The van der Waals surface area contributed by atoms with E-state index in [0.717, 1.165) is 68.5 Å². The molecule has 7 nitrogen and oxygen atoms in total. The Bertz CT molecular complexity index is 1370. The van der Waals surface area contributed by atoms with E-state index in [2.05, 4.69) is 68.4 Å². The third kappa shape index (κ3) is 5.39. The van der Waals surface area contributed by atoms with Crippen molar-refractivity contribution in [2.75, 3.05) is 49.7 Å². The number of hydrogen-bond donors (Lipinski definition) is 1. The van der Waals surface area contributed by atoms with Crippen molar-refractivity contribution < 1.29 is 14.2 Å². The largest absolute Gasteiger partial charge is 0.492 e. The third-order valence-corrected chi connectivity index (χ3v) is 8.05. The lowest BCUT2D eigenvalue weighted by Crippen LogP contribution is -2.36. The maximum absolute atomic E-state index is 6.12. The van der Waals surface area contributed by atoms with Crippen LogP contribution in [0.5, 0.6) is 11.5 Å². The number of halogens is 1. The Labute approximate surface area is 229 Å². The van der Waals surface area contributed by atoms with Crippen LogP contribution in [0, 0.1) is 0 Å². The third-order valence-electron chi connectivity index (χ3n) is 6.28. The molecule has 3 heterocycles. The Morgan fingerprint density at radius 2 is 1.73 bits per heavy atom. The summed E-state index contributed by atoms with van der Waals surface area (Å²) in [5, 5.41) is 4.60. The zero-order valence-corrected chi connectivity index (χ0v) is 23.7. The second-order valence-corrected chi connectivity index (χ2v) is 10.6. The van der Waals surface area contributed by atoms with E-state index >= 15 is 0 Å². The maximum Gasteiger partial charge on any atom is 0.145 e. The molecular weight excluding hydrogens is 552 g/mol. The van der Waals surface area contributed by atoms with Gasteiger partial charge in [0.25, 0.3) is 0 Å². The first-order valence-corrected chi connectivity index (χ1v) is 14.3. The van der Waals surface area contributed by atoms with Crippen LogP contribution in [0.15, 0.2) is 47.2 Å². The Morgan fingerprint density at radius 3 is 2.43 bits per heavy atom. The Morgan fingerprint density at radius 1 is 1.00 bits per heavy atom. The molecule has 1 aliphatic heterocycles. The molecule has 1 N–H and O–H groups in total. The van der Waals surface area contributed by atoms with Crippen molar-refractivity contribution in [1.29, 1.82) is 0 Å². The fourth-order valence-corrected chi connectivity index (χ4v) is 5.98. The van der Waals surface area contributed by atoms with Crippen molar-refractivity contribution in [1.82, 2.24) is 9.97 Å². The molecule has 1 saturated heterocycles. The van der Waals surface area contributed by atoms with Gasteiger partial charge in [0.15, 0.2) is 0 Å². The fraction of sp³-hybridized carbons (Fsp3) is 0.357. The Hall–Kier alpha value is -2.88. The predicted molar refractivity (Wildman–Crippen MR) is 155 cm³/mol. The van der Waals surface area contributed by atoms with E-state index in [1.54, 1.807) is 17.7 Å². The number of aromatic nitrogens is 2. The van der Waals surface area contributed by atoms with Crippen molar-refractivity contribution in [3.8, 4) is 22.6 Å². The summed E-state index contributed by atoms with van der Waals surface area (Å²) in [6.45, 7) is 10.3. The van der Waals surface area contributed by atoms with Crippen LogP contribution in [0.25, 0.3) is 21.3 Å². The number of morpholine rings is 1. The second-order valence-electron chi connectivity index (χ2n) is 8.57. The molecule has 0 atom stereocenters. The number of nitrogens with zero attached hydrogens (tertiary/aromatic N) is 3. The maximum atomic E-state index is 6.12. The number of rotatable bonds is 9. The molecular formula is C28H31BrN4O3S. The second kappa shape index (κ2) is 11.7. The lowest BCUT2D eigenvalue weighted by molar-refractivity contribution is 0.122. The minimum absolute atomic E-state index is 0.549. The van der Waals surface area contributed by atoms with Crippen LogP contribution in [0.1, 0.15) is 25.6 Å². The topological polar surface area (TPSA) is 68.7 Å². The molecule has 37 heavy (non-hydrogen) atoms. The van der Waals surface area contributed by atoms with Crippen LogP contribution < -0.4 is 19.7 Å². The van der Waals surface area contributed by atoms with Crippen LogP contribution in [0.2, 0.25) is 0 Å². The van der Waals surface area contributed by atoms with Gasteiger partial charge < -0.3 is 24.4 Å². The average Bonchev–Trinajstić information content (AvgIpc) is 3.31. The molecule has 4 aromatic rings. The summed E-state index contributed by atoms with van der Waals surface area (Å²) < 4.78 is 18.8. The van der Waals surface area contributed by atoms with E-state index in [9.17, 15) is 0 Å². The summed E-state index contributed by atoms with van der Waals surface area (Å²) >= 11 is 5.28. The number of benzene rings is 2. The van der Waals surface area contributed by atoms with Crippen molar-refractivity contribution in [2.45, 2.75) is 27.2 Å². The minimum atomic E-state index is 0.549. The monoisotopic (exact) mass is 582 g/mol. The molecule has 0 aliphatic carbocycles. The number of aryl methyl sites for hydroxylation is 1. The first kappa shape index (κ1) is 25.8. The van der Waals surface area contributed by atoms with Gasteiger partial charge in [-0.05, 0) is 38.0 Å². The molecule has 2 aromatic carbocycles. The molecule has 0 bridgehead atoms. The average molecular weight is 584 g/mol. The SMILES string of the molecule is CCOc1cc(N2CCOCC2)c(OCC)cc1Nc1ncnc2sc(CC)c(-c3ccc(Br)cc3)c12. The molecule has 0 radical (unpaired) electrons. The van der Waals surface area contributed by atoms with E-state index in [1.165, 1.54) is 10.4 Å². The van der Waals surface area contributed by atoms with Gasteiger partial charge in [0.1, 0.15) is 28.5 Å². The molecule has 1 aliphatic rings. The predicted octanol–water partition coefficient (Wildman–Crippen LogP) is 7.06.